The highest BCUT2D eigenvalue weighted by molar-refractivity contribution is 6.05. The lowest BCUT2D eigenvalue weighted by Crippen LogP contribution is -2.30. The molecule has 1 N–H and O–H groups in total. The van der Waals surface area contributed by atoms with Crippen molar-refractivity contribution in [3.63, 3.8) is 0 Å². The number of ether oxygens (including phenoxy) is 2. The number of anilines is 1. The number of amides is 1. The largest absolute Gasteiger partial charge is 0.487 e. The molecule has 1 amide bonds. The fraction of sp³-hybridized carbons (Fsp3) is 0.231. The van der Waals surface area contributed by atoms with Gasteiger partial charge in [-0.05, 0) is 48.1 Å². The Balaban J connectivity index is 1.62. The van der Waals surface area contributed by atoms with Crippen LogP contribution >= 0.6 is 0 Å². The Kier molecular flexibility index (Phi) is 6.70. The zero-order valence-electron chi connectivity index (χ0n) is 18.0. The van der Waals surface area contributed by atoms with Crippen molar-refractivity contribution in [3.05, 3.63) is 95.1 Å². The summed E-state index contributed by atoms with van der Waals surface area (Å²) in [5, 5.41) is 12.9. The van der Waals surface area contributed by atoms with E-state index in [0.29, 0.717) is 30.2 Å². The number of benzene rings is 3. The highest BCUT2D eigenvalue weighted by Gasteiger charge is 2.27. The first-order valence-electron chi connectivity index (χ1n) is 10.7. The Hall–Kier alpha value is -3.80. The molecule has 0 bridgehead atoms. The number of carbonyl (C=O) groups excluding carboxylic acids is 1. The van der Waals surface area contributed by atoms with E-state index in [4.69, 9.17) is 9.47 Å². The lowest BCUT2D eigenvalue weighted by atomic mass is 9.88. The van der Waals surface area contributed by atoms with Gasteiger partial charge in [0.2, 0.25) is 0 Å². The Morgan fingerprint density at radius 2 is 1.59 bits per heavy atom. The number of oxime groups is 1. The molecule has 3 aromatic rings. The Bertz CT molecular complexity index is 1100. The number of hydrogen-bond acceptors (Lipinski definition) is 5. The maximum atomic E-state index is 12.9. The second-order valence-electron chi connectivity index (χ2n) is 7.71. The van der Waals surface area contributed by atoms with Gasteiger partial charge in [-0.2, -0.15) is 0 Å². The van der Waals surface area contributed by atoms with Crippen molar-refractivity contribution in [2.45, 2.75) is 32.5 Å². The lowest BCUT2D eigenvalue weighted by Gasteiger charge is -2.27. The van der Waals surface area contributed by atoms with Gasteiger partial charge < -0.3 is 14.7 Å². The maximum Gasteiger partial charge on any atom is 0.414 e. The SMILES string of the molecule is CN(C(=O)OCc1ccccc1)c1c(OCc2ccccc2)ccc2c1CCC/C2=N\O. The van der Waals surface area contributed by atoms with Gasteiger partial charge >= 0.3 is 6.09 Å². The normalized spacial score (nSPS) is 14.0. The summed E-state index contributed by atoms with van der Waals surface area (Å²) < 4.78 is 11.7. The van der Waals surface area contributed by atoms with Gasteiger partial charge in [0.05, 0.1) is 11.4 Å². The fourth-order valence-electron chi connectivity index (χ4n) is 3.94. The van der Waals surface area contributed by atoms with E-state index in [1.54, 1.807) is 7.05 Å². The third-order valence-electron chi connectivity index (χ3n) is 5.57. The number of fused-ring (bicyclic) bond motifs is 1. The zero-order chi connectivity index (χ0) is 22.3. The fourth-order valence-corrected chi connectivity index (χ4v) is 3.94. The molecule has 0 aromatic heterocycles. The van der Waals surface area contributed by atoms with E-state index in [0.717, 1.165) is 35.1 Å². The van der Waals surface area contributed by atoms with Crippen LogP contribution in [0.1, 0.15) is 35.1 Å². The van der Waals surface area contributed by atoms with Crippen LogP contribution in [0.2, 0.25) is 0 Å². The predicted molar refractivity (Wildman–Crippen MR) is 124 cm³/mol. The average Bonchev–Trinajstić information content (AvgIpc) is 2.86. The van der Waals surface area contributed by atoms with Crippen molar-refractivity contribution in [2.24, 2.45) is 5.16 Å². The van der Waals surface area contributed by atoms with Crippen LogP contribution in [0.3, 0.4) is 0 Å². The molecular formula is C26H26N2O4. The molecule has 0 unspecified atom stereocenters. The lowest BCUT2D eigenvalue weighted by molar-refractivity contribution is 0.148. The summed E-state index contributed by atoms with van der Waals surface area (Å²) in [6.45, 7) is 0.559. The molecule has 0 spiro atoms. The molecule has 4 rings (SSSR count). The maximum absolute atomic E-state index is 12.9. The molecule has 6 heteroatoms. The van der Waals surface area contributed by atoms with E-state index in [1.807, 2.05) is 72.8 Å². The highest BCUT2D eigenvalue weighted by atomic mass is 16.6. The second-order valence-corrected chi connectivity index (χ2v) is 7.71. The quantitative estimate of drug-likeness (QED) is 0.411. The first-order valence-corrected chi connectivity index (χ1v) is 10.7. The molecule has 1 aliphatic rings. The van der Waals surface area contributed by atoms with Gasteiger partial charge in [-0.1, -0.05) is 65.8 Å². The summed E-state index contributed by atoms with van der Waals surface area (Å²) >= 11 is 0. The first-order chi connectivity index (χ1) is 15.7. The van der Waals surface area contributed by atoms with Gasteiger partial charge in [-0.15, -0.1) is 0 Å². The minimum Gasteiger partial charge on any atom is -0.487 e. The van der Waals surface area contributed by atoms with Gasteiger partial charge in [0.15, 0.2) is 0 Å². The molecule has 32 heavy (non-hydrogen) atoms. The summed E-state index contributed by atoms with van der Waals surface area (Å²) in [4.78, 5) is 14.4. The van der Waals surface area contributed by atoms with Crippen molar-refractivity contribution in [1.29, 1.82) is 0 Å². The van der Waals surface area contributed by atoms with E-state index in [2.05, 4.69) is 5.16 Å². The minimum absolute atomic E-state index is 0.183. The topological polar surface area (TPSA) is 71.4 Å². The summed E-state index contributed by atoms with van der Waals surface area (Å²) in [5.41, 5.74) is 4.98. The molecule has 164 valence electrons. The van der Waals surface area contributed by atoms with Crippen LogP contribution in [-0.4, -0.2) is 24.1 Å². The number of hydrogen-bond donors (Lipinski definition) is 1. The molecule has 6 nitrogen and oxygen atoms in total. The number of nitrogens with zero attached hydrogens (tertiary/aromatic N) is 2. The minimum atomic E-state index is -0.472. The molecule has 0 heterocycles. The van der Waals surface area contributed by atoms with Gasteiger partial charge in [0.1, 0.15) is 19.0 Å². The smallest absolute Gasteiger partial charge is 0.414 e. The summed E-state index contributed by atoms with van der Waals surface area (Å²) in [5.74, 6) is 0.589. The molecular weight excluding hydrogens is 404 g/mol. The van der Waals surface area contributed by atoms with Crippen LogP contribution in [0.4, 0.5) is 10.5 Å². The van der Waals surface area contributed by atoms with E-state index >= 15 is 0 Å². The highest BCUT2D eigenvalue weighted by Crippen LogP contribution is 2.39. The third-order valence-corrected chi connectivity index (χ3v) is 5.57. The summed E-state index contributed by atoms with van der Waals surface area (Å²) in [7, 11) is 1.68. The van der Waals surface area contributed by atoms with E-state index in [-0.39, 0.29) is 6.61 Å². The van der Waals surface area contributed by atoms with Gasteiger partial charge in [-0.3, -0.25) is 4.90 Å². The summed E-state index contributed by atoms with van der Waals surface area (Å²) in [6.07, 6.45) is 1.80. The van der Waals surface area contributed by atoms with E-state index in [9.17, 15) is 10.0 Å². The molecule has 0 aliphatic heterocycles. The zero-order valence-corrected chi connectivity index (χ0v) is 18.0. The van der Waals surface area contributed by atoms with Gasteiger partial charge in [-0.25, -0.2) is 4.79 Å². The monoisotopic (exact) mass is 430 g/mol. The molecule has 1 aliphatic carbocycles. The molecule has 3 aromatic carbocycles. The molecule has 0 saturated heterocycles. The molecule has 0 saturated carbocycles. The molecule has 0 radical (unpaired) electrons. The van der Waals surface area contributed by atoms with Crippen LogP contribution in [0.15, 0.2) is 78.0 Å². The van der Waals surface area contributed by atoms with E-state index in [1.165, 1.54) is 4.90 Å². The van der Waals surface area contributed by atoms with Crippen LogP contribution in [-0.2, 0) is 24.4 Å². The standard InChI is InChI=1S/C26H26N2O4/c1-28(26(29)32-18-20-11-6-3-7-12-20)25-22-13-8-14-23(27-30)21(22)15-16-24(25)31-17-19-9-4-2-5-10-19/h2-7,9-12,15-16,30H,8,13-14,17-18H2,1H3/b27-23+. The van der Waals surface area contributed by atoms with Crippen molar-refractivity contribution in [3.8, 4) is 5.75 Å². The van der Waals surface area contributed by atoms with Crippen LogP contribution in [0.5, 0.6) is 5.75 Å². The predicted octanol–water partition coefficient (Wildman–Crippen LogP) is 5.55. The Morgan fingerprint density at radius 1 is 0.938 bits per heavy atom. The molecule has 0 fully saturated rings. The average molecular weight is 431 g/mol. The first kappa shape index (κ1) is 21.4. The van der Waals surface area contributed by atoms with Crippen molar-refractivity contribution < 1.29 is 19.5 Å². The van der Waals surface area contributed by atoms with Crippen molar-refractivity contribution >= 4 is 17.5 Å². The van der Waals surface area contributed by atoms with Crippen LogP contribution in [0.25, 0.3) is 0 Å². The molecule has 0 atom stereocenters. The number of rotatable bonds is 6. The van der Waals surface area contributed by atoms with Crippen molar-refractivity contribution in [1.82, 2.24) is 0 Å². The Labute approximate surface area is 187 Å². The van der Waals surface area contributed by atoms with Gasteiger partial charge in [0.25, 0.3) is 0 Å². The van der Waals surface area contributed by atoms with E-state index < -0.39 is 6.09 Å². The number of carbonyl (C=O) groups is 1. The summed E-state index contributed by atoms with van der Waals surface area (Å²) in [6, 6.07) is 23.2. The second kappa shape index (κ2) is 10.0. The Morgan fingerprint density at radius 3 is 2.25 bits per heavy atom. The van der Waals surface area contributed by atoms with Crippen LogP contribution < -0.4 is 9.64 Å². The van der Waals surface area contributed by atoms with Gasteiger partial charge in [0, 0.05) is 12.6 Å². The third kappa shape index (κ3) is 4.75. The van der Waals surface area contributed by atoms with Crippen LogP contribution in [0, 0.1) is 0 Å². The van der Waals surface area contributed by atoms with Crippen molar-refractivity contribution in [2.75, 3.05) is 11.9 Å².